The van der Waals surface area contributed by atoms with Gasteiger partial charge in [-0.05, 0) is 43.2 Å². The zero-order valence-electron chi connectivity index (χ0n) is 17.8. The second-order valence-electron chi connectivity index (χ2n) is 7.25. The molecule has 0 aliphatic heterocycles. The van der Waals surface area contributed by atoms with Crippen LogP contribution < -0.4 is 20.3 Å². The number of aromatic nitrogens is 2. The van der Waals surface area contributed by atoms with Crippen molar-refractivity contribution in [2.45, 2.75) is 33.0 Å². The Kier molecular flexibility index (Phi) is 6.51. The predicted molar refractivity (Wildman–Crippen MR) is 125 cm³/mol. The van der Waals surface area contributed by atoms with Gasteiger partial charge in [0.2, 0.25) is 0 Å². The monoisotopic (exact) mass is 449 g/mol. The first kappa shape index (κ1) is 21.6. The second-order valence-corrected chi connectivity index (χ2v) is 8.12. The van der Waals surface area contributed by atoms with Gasteiger partial charge in [-0.3, -0.25) is 14.0 Å². The lowest BCUT2D eigenvalue weighted by Gasteiger charge is -2.19. The predicted octanol–water partition coefficient (Wildman–Crippen LogP) is 4.44. The highest BCUT2D eigenvalue weighted by Crippen LogP contribution is 2.27. The molecule has 0 spiro atoms. The van der Waals surface area contributed by atoms with Crippen molar-refractivity contribution in [1.82, 2.24) is 9.38 Å². The molecule has 164 valence electrons. The Morgan fingerprint density at radius 1 is 1.19 bits per heavy atom. The Morgan fingerprint density at radius 2 is 2.00 bits per heavy atom. The first-order chi connectivity index (χ1) is 15.5. The summed E-state index contributed by atoms with van der Waals surface area (Å²) in [6, 6.07) is 16.2. The third-order valence-electron chi connectivity index (χ3n) is 4.81. The third-order valence-corrected chi connectivity index (χ3v) is 5.57. The summed E-state index contributed by atoms with van der Waals surface area (Å²) >= 11 is 1.38. The normalized spacial score (nSPS) is 11.8. The minimum Gasteiger partial charge on any atom is -0.485 e. The molecule has 4 rings (SSSR count). The van der Waals surface area contributed by atoms with Crippen molar-refractivity contribution in [3.8, 4) is 11.5 Å². The summed E-state index contributed by atoms with van der Waals surface area (Å²) in [5, 5.41) is 4.73. The molecule has 0 saturated carbocycles. The number of nitrogens with one attached hydrogen (secondary N) is 1. The average molecular weight is 450 g/mol. The number of thiazole rings is 1. The molecule has 0 aliphatic rings. The van der Waals surface area contributed by atoms with Crippen molar-refractivity contribution < 1.29 is 14.3 Å². The highest BCUT2D eigenvalue weighted by atomic mass is 32.1. The fraction of sp³-hybridized carbons (Fsp3) is 0.208. The number of rotatable bonds is 8. The standard InChI is InChI=1S/C24H23N3O4S/c1-3-20(31-18-7-5-4-6-8-18)23(29)26-19-13-16(2)9-10-21(19)30-15-17-14-22(28)27-11-12-32-24(27)25-17/h4-14,20H,3,15H2,1-2H3,(H,26,29)/t20-/m0/s1. The van der Waals surface area contributed by atoms with Crippen LogP contribution in [-0.2, 0) is 11.4 Å². The maximum Gasteiger partial charge on any atom is 0.265 e. The lowest BCUT2D eigenvalue weighted by molar-refractivity contribution is -0.122. The summed E-state index contributed by atoms with van der Waals surface area (Å²) in [5.74, 6) is 0.867. The molecule has 0 unspecified atom stereocenters. The van der Waals surface area contributed by atoms with Gasteiger partial charge in [0.25, 0.3) is 11.5 Å². The molecule has 1 N–H and O–H groups in total. The molecule has 0 radical (unpaired) electrons. The number of hydrogen-bond donors (Lipinski definition) is 1. The Hall–Kier alpha value is -3.65. The van der Waals surface area contributed by atoms with Crippen molar-refractivity contribution in [3.05, 3.63) is 87.8 Å². The molecule has 0 fully saturated rings. The number of para-hydroxylation sites is 1. The van der Waals surface area contributed by atoms with E-state index in [1.807, 2.05) is 61.7 Å². The van der Waals surface area contributed by atoms with E-state index in [1.54, 1.807) is 12.3 Å². The average Bonchev–Trinajstić information content (AvgIpc) is 3.27. The summed E-state index contributed by atoms with van der Waals surface area (Å²) in [5.41, 5.74) is 1.88. The van der Waals surface area contributed by atoms with E-state index in [-0.39, 0.29) is 18.1 Å². The molecule has 0 saturated heterocycles. The van der Waals surface area contributed by atoms with Gasteiger partial charge in [0.1, 0.15) is 18.1 Å². The lowest BCUT2D eigenvalue weighted by Crippen LogP contribution is -2.32. The highest BCUT2D eigenvalue weighted by Gasteiger charge is 2.20. The SMILES string of the molecule is CC[C@H](Oc1ccccc1)C(=O)Nc1cc(C)ccc1OCc1cc(=O)n2ccsc2n1. The van der Waals surface area contributed by atoms with Crippen LogP contribution in [0, 0.1) is 6.92 Å². The third kappa shape index (κ3) is 4.97. The summed E-state index contributed by atoms with van der Waals surface area (Å²) < 4.78 is 13.3. The van der Waals surface area contributed by atoms with Crippen LogP contribution in [-0.4, -0.2) is 21.4 Å². The van der Waals surface area contributed by atoms with E-state index < -0.39 is 6.10 Å². The van der Waals surface area contributed by atoms with Gasteiger partial charge in [-0.2, -0.15) is 0 Å². The number of benzene rings is 2. The maximum absolute atomic E-state index is 12.9. The van der Waals surface area contributed by atoms with E-state index in [0.29, 0.717) is 34.3 Å². The molecule has 7 nitrogen and oxygen atoms in total. The van der Waals surface area contributed by atoms with E-state index in [2.05, 4.69) is 10.3 Å². The highest BCUT2D eigenvalue weighted by molar-refractivity contribution is 7.15. The quantitative estimate of drug-likeness (QED) is 0.430. The van der Waals surface area contributed by atoms with Gasteiger partial charge in [0.05, 0.1) is 11.4 Å². The molecule has 1 atom stereocenters. The number of fused-ring (bicyclic) bond motifs is 1. The zero-order valence-corrected chi connectivity index (χ0v) is 18.6. The van der Waals surface area contributed by atoms with Crippen LogP contribution in [0.3, 0.4) is 0 Å². The van der Waals surface area contributed by atoms with Crippen molar-refractivity contribution in [2.24, 2.45) is 0 Å². The van der Waals surface area contributed by atoms with Gasteiger partial charge >= 0.3 is 0 Å². The Bertz CT molecular complexity index is 1280. The van der Waals surface area contributed by atoms with Crippen LogP contribution in [0.1, 0.15) is 24.6 Å². The molecule has 0 bridgehead atoms. The van der Waals surface area contributed by atoms with Gasteiger partial charge < -0.3 is 14.8 Å². The molecule has 4 aromatic rings. The van der Waals surface area contributed by atoms with Crippen molar-refractivity contribution >= 4 is 27.9 Å². The van der Waals surface area contributed by atoms with Gasteiger partial charge in [0, 0.05) is 17.6 Å². The summed E-state index contributed by atoms with van der Waals surface area (Å²) in [6.45, 7) is 3.93. The zero-order chi connectivity index (χ0) is 22.5. The van der Waals surface area contributed by atoms with Crippen LogP contribution in [0.4, 0.5) is 5.69 Å². The fourth-order valence-electron chi connectivity index (χ4n) is 3.18. The number of aryl methyl sites for hydroxylation is 1. The van der Waals surface area contributed by atoms with E-state index in [1.165, 1.54) is 21.8 Å². The van der Waals surface area contributed by atoms with Crippen molar-refractivity contribution in [2.75, 3.05) is 5.32 Å². The molecule has 0 aliphatic carbocycles. The van der Waals surface area contributed by atoms with E-state index >= 15 is 0 Å². The van der Waals surface area contributed by atoms with Crippen LogP contribution >= 0.6 is 11.3 Å². The Labute approximate surface area is 189 Å². The first-order valence-corrected chi connectivity index (χ1v) is 11.1. The molecular formula is C24H23N3O4S. The van der Waals surface area contributed by atoms with Crippen LogP contribution in [0.15, 0.2) is 71.0 Å². The number of hydrogen-bond acceptors (Lipinski definition) is 6. The summed E-state index contributed by atoms with van der Waals surface area (Å²) in [6.07, 6.45) is 1.56. The number of ether oxygens (including phenoxy) is 2. The van der Waals surface area contributed by atoms with Gasteiger partial charge in [-0.25, -0.2) is 4.98 Å². The molecule has 2 aromatic carbocycles. The van der Waals surface area contributed by atoms with Gasteiger partial charge in [-0.15, -0.1) is 11.3 Å². The lowest BCUT2D eigenvalue weighted by atomic mass is 10.2. The van der Waals surface area contributed by atoms with Crippen molar-refractivity contribution in [1.29, 1.82) is 0 Å². The molecule has 2 aromatic heterocycles. The van der Waals surface area contributed by atoms with Gasteiger partial charge in [-0.1, -0.05) is 31.2 Å². The number of nitrogens with zero attached hydrogens (tertiary/aromatic N) is 2. The molecule has 32 heavy (non-hydrogen) atoms. The molecule has 1 amide bonds. The second kappa shape index (κ2) is 9.65. The maximum atomic E-state index is 12.9. The molecule has 2 heterocycles. The minimum atomic E-state index is -0.645. The Balaban J connectivity index is 1.49. The van der Waals surface area contributed by atoms with Crippen LogP contribution in [0.5, 0.6) is 11.5 Å². The molecule has 8 heteroatoms. The topological polar surface area (TPSA) is 81.9 Å². The number of carbonyl (C=O) groups is 1. The van der Waals surface area contributed by atoms with E-state index in [0.717, 1.165) is 5.56 Å². The van der Waals surface area contributed by atoms with Gasteiger partial charge in [0.15, 0.2) is 11.1 Å². The fourth-order valence-corrected chi connectivity index (χ4v) is 3.92. The number of carbonyl (C=O) groups excluding carboxylic acids is 1. The minimum absolute atomic E-state index is 0.104. The van der Waals surface area contributed by atoms with E-state index in [9.17, 15) is 9.59 Å². The smallest absolute Gasteiger partial charge is 0.265 e. The molecular weight excluding hydrogens is 426 g/mol. The van der Waals surface area contributed by atoms with Crippen molar-refractivity contribution in [3.63, 3.8) is 0 Å². The Morgan fingerprint density at radius 3 is 2.78 bits per heavy atom. The number of anilines is 1. The largest absolute Gasteiger partial charge is 0.485 e. The number of amides is 1. The summed E-state index contributed by atoms with van der Waals surface area (Å²) in [7, 11) is 0. The van der Waals surface area contributed by atoms with E-state index in [4.69, 9.17) is 9.47 Å². The van der Waals surface area contributed by atoms with Crippen LogP contribution in [0.2, 0.25) is 0 Å². The summed E-state index contributed by atoms with van der Waals surface area (Å²) in [4.78, 5) is 30.2. The first-order valence-electron chi connectivity index (χ1n) is 10.3. The van der Waals surface area contributed by atoms with Crippen LogP contribution in [0.25, 0.3) is 4.96 Å².